The average Bonchev–Trinajstić information content (AvgIpc) is 3.13. The molecule has 25 heavy (non-hydrogen) atoms. The Bertz CT molecular complexity index is 707. The number of thiophene rings is 1. The highest BCUT2D eigenvalue weighted by Gasteiger charge is 2.22. The van der Waals surface area contributed by atoms with Crippen LogP contribution >= 0.6 is 11.3 Å². The summed E-state index contributed by atoms with van der Waals surface area (Å²) >= 11 is 1.77. The molecule has 2 heterocycles. The molecule has 0 aliphatic carbocycles. The second-order valence-corrected chi connectivity index (χ2v) is 7.09. The molecule has 0 spiro atoms. The number of nitrogens with zero attached hydrogens (tertiary/aromatic N) is 2. The Hall–Kier alpha value is -2.38. The number of rotatable bonds is 5. The molecule has 0 saturated carbocycles. The summed E-state index contributed by atoms with van der Waals surface area (Å²) in [7, 11) is 0. The van der Waals surface area contributed by atoms with Crippen LogP contribution in [0.25, 0.3) is 0 Å². The van der Waals surface area contributed by atoms with Crippen LogP contribution in [0.5, 0.6) is 0 Å². The molecule has 0 radical (unpaired) electrons. The number of urea groups is 1. The van der Waals surface area contributed by atoms with Gasteiger partial charge in [-0.3, -0.25) is 9.69 Å². The smallest absolute Gasteiger partial charge is 0.312 e. The Balaban J connectivity index is 1.51. The quantitative estimate of drug-likeness (QED) is 0.856. The van der Waals surface area contributed by atoms with E-state index in [2.05, 4.69) is 27.7 Å². The van der Waals surface area contributed by atoms with Crippen molar-refractivity contribution >= 4 is 23.3 Å². The van der Waals surface area contributed by atoms with Crippen LogP contribution in [-0.2, 0) is 13.1 Å². The van der Waals surface area contributed by atoms with Gasteiger partial charge in [0.1, 0.15) is 0 Å². The van der Waals surface area contributed by atoms with E-state index in [1.807, 2.05) is 17.0 Å². The molecule has 3 rings (SSSR count). The van der Waals surface area contributed by atoms with E-state index in [1.165, 1.54) is 4.88 Å². The molecule has 0 bridgehead atoms. The van der Waals surface area contributed by atoms with Gasteiger partial charge in [0.15, 0.2) is 0 Å². The van der Waals surface area contributed by atoms with Crippen LogP contribution < -0.4 is 11.1 Å². The number of hydrogen-bond acceptors (Lipinski definition) is 4. The molecule has 7 heteroatoms. The van der Waals surface area contributed by atoms with E-state index >= 15 is 0 Å². The standard InChI is InChI=1S/C18H22N4O2S/c19-18(24)20-12-14-3-5-15(6-4-14)17(23)22-9-7-21(8-10-22)13-16-2-1-11-25-16/h1-6,11H,7-10,12-13H2,(H3,19,20,24). The van der Waals surface area contributed by atoms with Gasteiger partial charge in [-0.25, -0.2) is 4.79 Å². The number of hydrogen-bond donors (Lipinski definition) is 2. The second kappa shape index (κ2) is 8.13. The van der Waals surface area contributed by atoms with Crippen LogP contribution in [0.3, 0.4) is 0 Å². The summed E-state index contributed by atoms with van der Waals surface area (Å²) in [5, 5.41) is 4.63. The van der Waals surface area contributed by atoms with Crippen molar-refractivity contribution in [3.05, 3.63) is 57.8 Å². The summed E-state index contributed by atoms with van der Waals surface area (Å²) in [4.78, 5) is 29.0. The van der Waals surface area contributed by atoms with Crippen molar-refractivity contribution in [1.82, 2.24) is 15.1 Å². The first kappa shape index (κ1) is 17.4. The Labute approximate surface area is 151 Å². The van der Waals surface area contributed by atoms with Crippen LogP contribution in [0, 0.1) is 0 Å². The predicted octanol–water partition coefficient (Wildman–Crippen LogP) is 1.87. The first-order chi connectivity index (χ1) is 12.1. The summed E-state index contributed by atoms with van der Waals surface area (Å²) in [6.07, 6.45) is 0. The number of carbonyl (C=O) groups excluding carboxylic acids is 2. The molecule has 1 saturated heterocycles. The summed E-state index contributed by atoms with van der Waals surface area (Å²) in [6.45, 7) is 4.60. The molecule has 1 aromatic heterocycles. The lowest BCUT2D eigenvalue weighted by Crippen LogP contribution is -2.48. The highest BCUT2D eigenvalue weighted by Crippen LogP contribution is 2.15. The number of amides is 3. The van der Waals surface area contributed by atoms with Crippen LogP contribution in [0.1, 0.15) is 20.8 Å². The molecule has 0 unspecified atom stereocenters. The number of primary amides is 1. The second-order valence-electron chi connectivity index (χ2n) is 6.06. The summed E-state index contributed by atoms with van der Waals surface area (Å²) in [6, 6.07) is 11.0. The van der Waals surface area contributed by atoms with Crippen LogP contribution in [0.4, 0.5) is 4.79 Å². The van der Waals surface area contributed by atoms with Gasteiger partial charge in [-0.05, 0) is 29.1 Å². The lowest BCUT2D eigenvalue weighted by Gasteiger charge is -2.34. The van der Waals surface area contributed by atoms with E-state index in [1.54, 1.807) is 23.5 Å². The number of nitrogens with two attached hydrogens (primary N) is 1. The number of nitrogens with one attached hydrogen (secondary N) is 1. The maximum Gasteiger partial charge on any atom is 0.312 e. The van der Waals surface area contributed by atoms with Crippen LogP contribution in [0.15, 0.2) is 41.8 Å². The molecule has 1 aliphatic rings. The molecule has 3 amide bonds. The Morgan fingerprint density at radius 1 is 1.08 bits per heavy atom. The highest BCUT2D eigenvalue weighted by atomic mass is 32.1. The van der Waals surface area contributed by atoms with Crippen molar-refractivity contribution in [2.75, 3.05) is 26.2 Å². The van der Waals surface area contributed by atoms with Gasteiger partial charge in [-0.2, -0.15) is 0 Å². The van der Waals surface area contributed by atoms with E-state index in [9.17, 15) is 9.59 Å². The maximum absolute atomic E-state index is 12.6. The molecule has 3 N–H and O–H groups in total. The first-order valence-electron chi connectivity index (χ1n) is 8.28. The van der Waals surface area contributed by atoms with Crippen molar-refractivity contribution in [1.29, 1.82) is 0 Å². The van der Waals surface area contributed by atoms with Crippen LogP contribution in [-0.4, -0.2) is 47.9 Å². The van der Waals surface area contributed by atoms with Gasteiger partial charge in [0.05, 0.1) is 0 Å². The third-order valence-electron chi connectivity index (χ3n) is 4.29. The topological polar surface area (TPSA) is 78.7 Å². The fourth-order valence-corrected chi connectivity index (χ4v) is 3.62. The van der Waals surface area contributed by atoms with Crippen molar-refractivity contribution in [2.45, 2.75) is 13.1 Å². The molecule has 2 aromatic rings. The number of carbonyl (C=O) groups is 2. The minimum Gasteiger partial charge on any atom is -0.352 e. The summed E-state index contributed by atoms with van der Waals surface area (Å²) in [5.74, 6) is 0.0604. The molecular formula is C18H22N4O2S. The zero-order chi connectivity index (χ0) is 17.6. The van der Waals surface area contributed by atoms with E-state index in [-0.39, 0.29) is 5.91 Å². The molecule has 1 aliphatic heterocycles. The third kappa shape index (κ3) is 4.80. The maximum atomic E-state index is 12.6. The lowest BCUT2D eigenvalue weighted by molar-refractivity contribution is 0.0629. The van der Waals surface area contributed by atoms with E-state index in [0.717, 1.165) is 38.3 Å². The van der Waals surface area contributed by atoms with Crippen LogP contribution in [0.2, 0.25) is 0 Å². The Morgan fingerprint density at radius 3 is 2.40 bits per heavy atom. The zero-order valence-corrected chi connectivity index (χ0v) is 14.8. The fourth-order valence-electron chi connectivity index (χ4n) is 2.87. The predicted molar refractivity (Wildman–Crippen MR) is 98.4 cm³/mol. The molecule has 6 nitrogen and oxygen atoms in total. The van der Waals surface area contributed by atoms with Gasteiger partial charge in [0.2, 0.25) is 0 Å². The van der Waals surface area contributed by atoms with Gasteiger partial charge >= 0.3 is 6.03 Å². The molecule has 1 aromatic carbocycles. The highest BCUT2D eigenvalue weighted by molar-refractivity contribution is 7.09. The SMILES string of the molecule is NC(=O)NCc1ccc(C(=O)N2CCN(Cc3cccs3)CC2)cc1. The lowest BCUT2D eigenvalue weighted by atomic mass is 10.1. The van der Waals surface area contributed by atoms with Gasteiger partial charge in [-0.1, -0.05) is 18.2 Å². The Kier molecular flexibility index (Phi) is 5.67. The number of piperazine rings is 1. The van der Waals surface area contributed by atoms with Gasteiger partial charge in [0.25, 0.3) is 5.91 Å². The third-order valence-corrected chi connectivity index (χ3v) is 5.15. The number of benzene rings is 1. The van der Waals surface area contributed by atoms with Gasteiger partial charge in [0, 0.05) is 49.7 Å². The largest absolute Gasteiger partial charge is 0.352 e. The van der Waals surface area contributed by atoms with E-state index < -0.39 is 6.03 Å². The van der Waals surface area contributed by atoms with Crippen molar-refractivity contribution in [3.63, 3.8) is 0 Å². The van der Waals surface area contributed by atoms with Gasteiger partial charge < -0.3 is 16.0 Å². The zero-order valence-electron chi connectivity index (χ0n) is 14.0. The average molecular weight is 358 g/mol. The monoisotopic (exact) mass is 358 g/mol. The minimum atomic E-state index is -0.555. The summed E-state index contributed by atoms with van der Waals surface area (Å²) < 4.78 is 0. The molecule has 1 fully saturated rings. The van der Waals surface area contributed by atoms with Gasteiger partial charge in [-0.15, -0.1) is 11.3 Å². The van der Waals surface area contributed by atoms with E-state index in [0.29, 0.717) is 12.1 Å². The molecule has 132 valence electrons. The molecular weight excluding hydrogens is 336 g/mol. The van der Waals surface area contributed by atoms with Crippen molar-refractivity contribution in [3.8, 4) is 0 Å². The fraction of sp³-hybridized carbons (Fsp3) is 0.333. The van der Waals surface area contributed by atoms with Crippen molar-refractivity contribution in [2.24, 2.45) is 5.73 Å². The van der Waals surface area contributed by atoms with E-state index in [4.69, 9.17) is 5.73 Å². The normalized spacial score (nSPS) is 15.1. The Morgan fingerprint density at radius 2 is 1.80 bits per heavy atom. The summed E-state index contributed by atoms with van der Waals surface area (Å²) in [5.41, 5.74) is 6.64. The first-order valence-corrected chi connectivity index (χ1v) is 9.16. The van der Waals surface area contributed by atoms with Crippen molar-refractivity contribution < 1.29 is 9.59 Å². The minimum absolute atomic E-state index is 0.0604. The molecule has 0 atom stereocenters.